The second-order valence-corrected chi connectivity index (χ2v) is 5.31. The average molecular weight is 282 g/mol. The number of aliphatic hydroxyl groups excluding tert-OH is 1. The first kappa shape index (κ1) is 13.6. The predicted molar refractivity (Wildman–Crippen MR) is 83.3 cm³/mol. The highest BCUT2D eigenvalue weighted by Crippen LogP contribution is 2.27. The molecule has 2 aromatic rings. The van der Waals surface area contributed by atoms with Crippen molar-refractivity contribution < 1.29 is 9.90 Å². The summed E-state index contributed by atoms with van der Waals surface area (Å²) in [5.41, 5.74) is 3.56. The third-order valence-electron chi connectivity index (χ3n) is 3.76. The number of benzene rings is 2. The third-order valence-corrected chi connectivity index (χ3v) is 3.76. The van der Waals surface area contributed by atoms with Gasteiger partial charge in [0.15, 0.2) is 0 Å². The van der Waals surface area contributed by atoms with Gasteiger partial charge >= 0.3 is 0 Å². The minimum atomic E-state index is -0.616. The quantitative estimate of drug-likeness (QED) is 0.811. The number of amides is 1. The van der Waals surface area contributed by atoms with Crippen LogP contribution in [0.3, 0.4) is 0 Å². The Labute approximate surface area is 123 Å². The Morgan fingerprint density at radius 1 is 1.24 bits per heavy atom. The number of fused-ring (bicyclic) bond motifs is 1. The Kier molecular flexibility index (Phi) is 3.62. The fourth-order valence-corrected chi connectivity index (χ4v) is 2.65. The predicted octanol–water partition coefficient (Wildman–Crippen LogP) is 2.72. The van der Waals surface area contributed by atoms with Crippen molar-refractivity contribution in [3.63, 3.8) is 0 Å². The summed E-state index contributed by atoms with van der Waals surface area (Å²) in [5, 5.41) is 15.9. The Balaban J connectivity index is 1.74. The second kappa shape index (κ2) is 5.58. The first-order valence-electron chi connectivity index (χ1n) is 7.07. The molecule has 3 N–H and O–H groups in total. The third kappa shape index (κ3) is 2.76. The van der Waals surface area contributed by atoms with E-state index in [2.05, 4.69) is 10.6 Å². The number of carbonyl (C=O) groups excluding carboxylic acids is 1. The van der Waals surface area contributed by atoms with Crippen LogP contribution in [0.1, 0.15) is 24.2 Å². The molecule has 0 fully saturated rings. The van der Waals surface area contributed by atoms with Gasteiger partial charge in [0.05, 0.1) is 6.10 Å². The minimum Gasteiger partial charge on any atom is -0.389 e. The maximum atomic E-state index is 12.4. The molecule has 4 heteroatoms. The molecule has 0 bridgehead atoms. The van der Waals surface area contributed by atoms with Gasteiger partial charge in [0.1, 0.15) is 6.04 Å². The monoisotopic (exact) mass is 282 g/mol. The Morgan fingerprint density at radius 2 is 1.95 bits per heavy atom. The molecule has 2 atom stereocenters. The van der Waals surface area contributed by atoms with Crippen molar-refractivity contribution in [1.29, 1.82) is 0 Å². The lowest BCUT2D eigenvalue weighted by atomic mass is 10.1. The van der Waals surface area contributed by atoms with Crippen LogP contribution in [-0.2, 0) is 11.2 Å². The highest BCUT2D eigenvalue weighted by atomic mass is 16.3. The summed E-state index contributed by atoms with van der Waals surface area (Å²) in [6.07, 6.45) is 0.0639. The van der Waals surface area contributed by atoms with Crippen LogP contribution >= 0.6 is 0 Å². The van der Waals surface area contributed by atoms with Crippen LogP contribution in [-0.4, -0.2) is 17.1 Å². The first-order chi connectivity index (χ1) is 10.1. The van der Waals surface area contributed by atoms with Gasteiger partial charge in [-0.05, 0) is 24.6 Å². The van der Waals surface area contributed by atoms with Gasteiger partial charge in [-0.15, -0.1) is 0 Å². The molecule has 0 saturated carbocycles. The first-order valence-corrected chi connectivity index (χ1v) is 7.07. The van der Waals surface area contributed by atoms with E-state index in [1.807, 2.05) is 48.5 Å². The van der Waals surface area contributed by atoms with Gasteiger partial charge in [0.25, 0.3) is 0 Å². The largest absolute Gasteiger partial charge is 0.389 e. The molecule has 0 aliphatic carbocycles. The molecule has 1 heterocycles. The molecular formula is C17H18N2O2. The maximum Gasteiger partial charge on any atom is 0.247 e. The van der Waals surface area contributed by atoms with Crippen molar-refractivity contribution >= 4 is 17.3 Å². The molecule has 1 aliphatic rings. The average Bonchev–Trinajstić information content (AvgIpc) is 2.91. The van der Waals surface area contributed by atoms with E-state index in [1.165, 1.54) is 0 Å². The van der Waals surface area contributed by atoms with Crippen LogP contribution in [0.15, 0.2) is 48.5 Å². The van der Waals surface area contributed by atoms with Gasteiger partial charge in [-0.3, -0.25) is 4.79 Å². The summed E-state index contributed by atoms with van der Waals surface area (Å²) in [4.78, 5) is 12.4. The van der Waals surface area contributed by atoms with Gasteiger partial charge in [-0.2, -0.15) is 0 Å². The van der Waals surface area contributed by atoms with Gasteiger partial charge < -0.3 is 15.7 Å². The molecule has 0 aromatic heterocycles. The molecule has 1 aliphatic heterocycles. The van der Waals surface area contributed by atoms with Crippen LogP contribution in [0.4, 0.5) is 11.4 Å². The number of hydrogen-bond donors (Lipinski definition) is 3. The van der Waals surface area contributed by atoms with Crippen molar-refractivity contribution in [2.45, 2.75) is 25.5 Å². The van der Waals surface area contributed by atoms with Crippen molar-refractivity contribution in [1.82, 2.24) is 0 Å². The van der Waals surface area contributed by atoms with E-state index in [-0.39, 0.29) is 11.9 Å². The van der Waals surface area contributed by atoms with Crippen LogP contribution < -0.4 is 10.6 Å². The lowest BCUT2D eigenvalue weighted by Gasteiger charge is -2.16. The Hall–Kier alpha value is -2.33. The van der Waals surface area contributed by atoms with Crippen LogP contribution in [0.5, 0.6) is 0 Å². The standard InChI is InChI=1S/C17H18N2O2/c1-11(20)13-7-3-5-9-15(13)19-17(21)16-10-12-6-2-4-8-14(12)18-16/h2-9,11,16,18,20H,10H2,1H3,(H,19,21). The number of hydrogen-bond acceptors (Lipinski definition) is 3. The van der Waals surface area contributed by atoms with Crippen molar-refractivity contribution in [2.24, 2.45) is 0 Å². The number of nitrogens with one attached hydrogen (secondary N) is 2. The smallest absolute Gasteiger partial charge is 0.247 e. The van der Waals surface area contributed by atoms with Gasteiger partial charge in [0.2, 0.25) is 5.91 Å². The highest BCUT2D eigenvalue weighted by Gasteiger charge is 2.26. The van der Waals surface area contributed by atoms with Crippen LogP contribution in [0.2, 0.25) is 0 Å². The summed E-state index contributed by atoms with van der Waals surface area (Å²) in [6, 6.07) is 15.0. The zero-order chi connectivity index (χ0) is 14.8. The molecule has 4 nitrogen and oxygen atoms in total. The fourth-order valence-electron chi connectivity index (χ4n) is 2.65. The number of anilines is 2. The zero-order valence-corrected chi connectivity index (χ0v) is 11.8. The van der Waals surface area contributed by atoms with E-state index in [0.717, 1.165) is 16.8 Å². The maximum absolute atomic E-state index is 12.4. The summed E-state index contributed by atoms with van der Waals surface area (Å²) < 4.78 is 0. The second-order valence-electron chi connectivity index (χ2n) is 5.31. The highest BCUT2D eigenvalue weighted by molar-refractivity contribution is 5.98. The van der Waals surface area contributed by atoms with E-state index in [4.69, 9.17) is 0 Å². The van der Waals surface area contributed by atoms with Gasteiger partial charge in [-0.1, -0.05) is 36.4 Å². The summed E-state index contributed by atoms with van der Waals surface area (Å²) in [6.45, 7) is 1.69. The molecule has 2 unspecified atom stereocenters. The Bertz CT molecular complexity index is 642. The normalized spacial score (nSPS) is 17.7. The van der Waals surface area contributed by atoms with Gasteiger partial charge in [0, 0.05) is 23.4 Å². The Morgan fingerprint density at radius 3 is 2.71 bits per heavy atom. The molecule has 108 valence electrons. The number of aliphatic hydroxyl groups is 1. The fraction of sp³-hybridized carbons (Fsp3) is 0.235. The zero-order valence-electron chi connectivity index (χ0n) is 11.8. The van der Waals surface area contributed by atoms with Gasteiger partial charge in [-0.25, -0.2) is 0 Å². The lowest BCUT2D eigenvalue weighted by Crippen LogP contribution is -2.33. The summed E-state index contributed by atoms with van der Waals surface area (Å²) in [7, 11) is 0. The molecule has 0 radical (unpaired) electrons. The molecule has 21 heavy (non-hydrogen) atoms. The molecule has 0 spiro atoms. The summed E-state index contributed by atoms with van der Waals surface area (Å²) >= 11 is 0. The molecule has 3 rings (SSSR count). The molecular weight excluding hydrogens is 264 g/mol. The van der Waals surface area contributed by atoms with Crippen molar-refractivity contribution in [2.75, 3.05) is 10.6 Å². The van der Waals surface area contributed by atoms with E-state index in [0.29, 0.717) is 12.1 Å². The van der Waals surface area contributed by atoms with E-state index in [9.17, 15) is 9.90 Å². The minimum absolute atomic E-state index is 0.0840. The van der Waals surface area contributed by atoms with E-state index < -0.39 is 6.10 Å². The molecule has 2 aromatic carbocycles. The molecule has 0 saturated heterocycles. The molecule has 1 amide bonds. The number of carbonyl (C=O) groups is 1. The van der Waals surface area contributed by atoms with Crippen molar-refractivity contribution in [3.05, 3.63) is 59.7 Å². The lowest BCUT2D eigenvalue weighted by molar-refractivity contribution is -0.116. The van der Waals surface area contributed by atoms with E-state index in [1.54, 1.807) is 6.92 Å². The SMILES string of the molecule is CC(O)c1ccccc1NC(=O)C1Cc2ccccc2N1. The van der Waals surface area contributed by atoms with E-state index >= 15 is 0 Å². The van der Waals surface area contributed by atoms with Crippen molar-refractivity contribution in [3.8, 4) is 0 Å². The topological polar surface area (TPSA) is 61.4 Å². The number of para-hydroxylation sites is 2. The van der Waals surface area contributed by atoms with Crippen LogP contribution in [0.25, 0.3) is 0 Å². The summed E-state index contributed by atoms with van der Waals surface area (Å²) in [5.74, 6) is -0.0840. The number of rotatable bonds is 3. The van der Waals surface area contributed by atoms with Crippen LogP contribution in [0, 0.1) is 0 Å².